The van der Waals surface area contributed by atoms with Gasteiger partial charge in [-0.3, -0.25) is 0 Å². The number of anilines is 12. The summed E-state index contributed by atoms with van der Waals surface area (Å²) in [5.74, 6) is 3.22. The smallest absolute Gasteiger partial charge is 0.256 e. The summed E-state index contributed by atoms with van der Waals surface area (Å²) in [5.41, 5.74) is 22.6. The van der Waals surface area contributed by atoms with Gasteiger partial charge in [-0.05, 0) is 236 Å². The Balaban J connectivity index is 0.939. The number of unbranched alkanes of at least 4 members (excludes halogenated alkanes) is 2. The van der Waals surface area contributed by atoms with Crippen LogP contribution in [0.4, 0.5) is 68.2 Å². The zero-order valence-corrected chi connectivity index (χ0v) is 51.2. The lowest BCUT2D eigenvalue weighted by Crippen LogP contribution is -2.63. The largest absolute Gasteiger partial charge is 0.458 e. The van der Waals surface area contributed by atoms with E-state index in [1.165, 1.54) is 29.2 Å². The summed E-state index contributed by atoms with van der Waals surface area (Å²) in [5, 5.41) is 0. The Labute approximate surface area is 520 Å². The highest BCUT2D eigenvalue weighted by Crippen LogP contribution is 2.49. The Morgan fingerprint density at radius 2 is 0.714 bits per heavy atom. The highest BCUT2D eigenvalue weighted by Gasteiger charge is 2.47. The zero-order chi connectivity index (χ0) is 56.4. The second kappa shape index (κ2) is 22.1. The highest BCUT2D eigenvalue weighted by atomic mass is 127. The van der Waals surface area contributed by atoms with Gasteiger partial charge in [0.25, 0.3) is 13.4 Å². The summed E-state index contributed by atoms with van der Waals surface area (Å²) in [4.78, 5) is 9.66. The van der Waals surface area contributed by atoms with E-state index in [1.54, 1.807) is 0 Å². The van der Waals surface area contributed by atoms with Gasteiger partial charge in [0.05, 0.1) is 11.4 Å². The fourth-order valence-corrected chi connectivity index (χ4v) is 14.0. The van der Waals surface area contributed by atoms with Crippen LogP contribution in [0, 0.1) is 7.14 Å². The SMILES string of the molecule is CCCCc1ccc(N(c2ccc(I)cc2)c2cc3c4c(c2)N(c2ccccc2)c2ccccc2B4c2cc4c(cc2O3)Oc2cc(N(c3ccc(I)cc3)c3ccc(CCCC)cc3)cc3c2B4c2ccccc2N3c2ccccc2)cc1. The second-order valence-electron chi connectivity index (χ2n) is 22.4. The van der Waals surface area contributed by atoms with Crippen LogP contribution >= 0.6 is 45.2 Å². The molecule has 0 N–H and O–H groups in total. The molecule has 0 bridgehead atoms. The molecule has 0 saturated heterocycles. The molecule has 0 aromatic heterocycles. The lowest BCUT2D eigenvalue weighted by molar-refractivity contribution is 0.466. The lowest BCUT2D eigenvalue weighted by atomic mass is 9.31. The number of halogens is 2. The Bertz CT molecular complexity index is 4010. The number of para-hydroxylation sites is 4. The third-order valence-electron chi connectivity index (χ3n) is 17.2. The Hall–Kier alpha value is -8.19. The number of benzene rings is 11. The summed E-state index contributed by atoms with van der Waals surface area (Å²) in [6.45, 7) is 4.20. The average Bonchev–Trinajstić information content (AvgIpc) is 1.91. The Morgan fingerprint density at radius 1 is 0.345 bits per heavy atom. The Morgan fingerprint density at radius 3 is 1.11 bits per heavy atom. The van der Waals surface area contributed by atoms with Gasteiger partial charge in [0, 0.05) is 82.2 Å². The van der Waals surface area contributed by atoms with Gasteiger partial charge in [-0.15, -0.1) is 0 Å². The summed E-state index contributed by atoms with van der Waals surface area (Å²) in [7, 11) is 0. The molecule has 11 aromatic rings. The molecule has 4 aliphatic rings. The van der Waals surface area contributed by atoms with E-state index in [2.05, 4.69) is 321 Å². The van der Waals surface area contributed by atoms with E-state index in [0.29, 0.717) is 0 Å². The first-order chi connectivity index (χ1) is 41.4. The fourth-order valence-electron chi connectivity index (χ4n) is 13.3. The number of nitrogens with zero attached hydrogens (tertiary/aromatic N) is 4. The monoisotopic (exact) mass is 1310 g/mol. The maximum Gasteiger partial charge on any atom is 0.256 e. The zero-order valence-electron chi connectivity index (χ0n) is 46.9. The van der Waals surface area contributed by atoms with E-state index in [0.717, 1.165) is 152 Å². The van der Waals surface area contributed by atoms with Gasteiger partial charge in [0.1, 0.15) is 23.0 Å². The van der Waals surface area contributed by atoms with Gasteiger partial charge < -0.3 is 29.1 Å². The predicted molar refractivity (Wildman–Crippen MR) is 370 cm³/mol. The molecule has 0 fully saturated rings. The molecule has 15 rings (SSSR count). The molecule has 4 aliphatic heterocycles. The molecule has 6 nitrogen and oxygen atoms in total. The van der Waals surface area contributed by atoms with Crippen molar-refractivity contribution in [3.8, 4) is 23.0 Å². The molecule has 0 radical (unpaired) electrons. The van der Waals surface area contributed by atoms with Crippen molar-refractivity contribution in [1.29, 1.82) is 0 Å². The number of fused-ring (bicyclic) bond motifs is 8. The van der Waals surface area contributed by atoms with Crippen molar-refractivity contribution in [2.75, 3.05) is 19.6 Å². The van der Waals surface area contributed by atoms with E-state index in [9.17, 15) is 0 Å². The molecule has 0 atom stereocenters. The molecule has 10 heteroatoms. The van der Waals surface area contributed by atoms with Crippen LogP contribution < -0.4 is 61.9 Å². The molecule has 0 saturated carbocycles. The summed E-state index contributed by atoms with van der Waals surface area (Å²) >= 11 is 4.81. The van der Waals surface area contributed by atoms with Crippen molar-refractivity contribution < 1.29 is 9.47 Å². The van der Waals surface area contributed by atoms with Crippen LogP contribution in [0.3, 0.4) is 0 Å². The minimum atomic E-state index is -0.155. The summed E-state index contributed by atoms with van der Waals surface area (Å²) < 4.78 is 17.5. The second-order valence-corrected chi connectivity index (χ2v) is 24.9. The van der Waals surface area contributed by atoms with Crippen molar-refractivity contribution in [1.82, 2.24) is 0 Å². The summed E-state index contributed by atoms with van der Waals surface area (Å²) in [6.07, 6.45) is 6.76. The van der Waals surface area contributed by atoms with Gasteiger partial charge in [0.2, 0.25) is 0 Å². The first kappa shape index (κ1) is 52.6. The number of hydrogen-bond acceptors (Lipinski definition) is 6. The molecule has 11 aromatic carbocycles. The van der Waals surface area contributed by atoms with Crippen molar-refractivity contribution in [2.45, 2.75) is 52.4 Å². The van der Waals surface area contributed by atoms with Gasteiger partial charge >= 0.3 is 0 Å². The Kier molecular flexibility index (Phi) is 13.8. The maximum absolute atomic E-state index is 7.54. The molecule has 0 spiro atoms. The van der Waals surface area contributed by atoms with Crippen molar-refractivity contribution in [3.63, 3.8) is 0 Å². The standard InChI is InChI=1S/C74H58B2I2N4O2/c1-3-5-17-49-27-35-55(36-28-49)79(57-39-31-51(77)32-40-57)59-43-67-73-71(45-59)83-69-48-70-64(47-63(69)75(73)61-23-13-15-25-65(61)81(67)53-19-9-7-10-20-53)76-62-24-14-16-26-66(62)82(54-21-11-8-12-22-54)68-44-60(46-72(84-70)74(68)76)80(58-41-33-52(78)34-42-58)56-37-29-50(30-38-56)18-6-4-2/h7-16,19-48H,3-6,17-18H2,1-2H3. The van der Waals surface area contributed by atoms with Crippen molar-refractivity contribution >= 4 is 160 Å². The maximum atomic E-state index is 7.54. The molecular weight excluding hydrogens is 1250 g/mol. The van der Waals surface area contributed by atoms with Crippen LogP contribution in [0.25, 0.3) is 0 Å². The molecule has 4 heterocycles. The number of aryl methyl sites for hydroxylation is 2. The molecule has 0 aliphatic carbocycles. The van der Waals surface area contributed by atoms with Crippen molar-refractivity contribution in [3.05, 3.63) is 261 Å². The fraction of sp³-hybridized carbons (Fsp3) is 0.108. The number of hydrogen-bond donors (Lipinski definition) is 0. The molecule has 406 valence electrons. The third kappa shape index (κ3) is 9.24. The van der Waals surface area contributed by atoms with Crippen LogP contribution in [-0.2, 0) is 12.8 Å². The highest BCUT2D eigenvalue weighted by molar-refractivity contribution is 14.1. The topological polar surface area (TPSA) is 31.4 Å². The molecule has 0 amide bonds. The van der Waals surface area contributed by atoms with E-state index in [4.69, 9.17) is 9.47 Å². The van der Waals surface area contributed by atoms with Gasteiger partial charge in [-0.1, -0.05) is 130 Å². The molecule has 84 heavy (non-hydrogen) atoms. The van der Waals surface area contributed by atoms with Crippen LogP contribution in [0.5, 0.6) is 23.0 Å². The number of rotatable bonds is 14. The number of ether oxygens (including phenoxy) is 2. The van der Waals surface area contributed by atoms with E-state index in [1.807, 2.05) is 0 Å². The van der Waals surface area contributed by atoms with Crippen molar-refractivity contribution in [2.24, 2.45) is 0 Å². The quantitative estimate of drug-likeness (QED) is 0.0797. The van der Waals surface area contributed by atoms with E-state index in [-0.39, 0.29) is 13.4 Å². The first-order valence-electron chi connectivity index (χ1n) is 29.5. The van der Waals surface area contributed by atoms with Gasteiger partial charge in [-0.25, -0.2) is 0 Å². The first-order valence-corrected chi connectivity index (χ1v) is 31.6. The van der Waals surface area contributed by atoms with E-state index < -0.39 is 0 Å². The predicted octanol–water partition coefficient (Wildman–Crippen LogP) is 17.3. The van der Waals surface area contributed by atoms with E-state index >= 15 is 0 Å². The average molecular weight is 1310 g/mol. The minimum absolute atomic E-state index is 0.155. The van der Waals surface area contributed by atoms with Crippen LogP contribution in [0.15, 0.2) is 243 Å². The van der Waals surface area contributed by atoms with Gasteiger partial charge in [-0.2, -0.15) is 0 Å². The normalized spacial score (nSPS) is 12.9. The lowest BCUT2D eigenvalue weighted by Gasteiger charge is -2.43. The molecule has 0 unspecified atom stereocenters. The van der Waals surface area contributed by atoms with Crippen LogP contribution in [0.1, 0.15) is 50.7 Å². The third-order valence-corrected chi connectivity index (χ3v) is 18.6. The van der Waals surface area contributed by atoms with Crippen LogP contribution in [-0.4, -0.2) is 13.4 Å². The summed E-state index contributed by atoms with van der Waals surface area (Å²) in [6, 6.07) is 89.5. The molecular formula is C74H58B2I2N4O2. The minimum Gasteiger partial charge on any atom is -0.458 e. The van der Waals surface area contributed by atoms with Crippen LogP contribution in [0.2, 0.25) is 0 Å². The van der Waals surface area contributed by atoms with Gasteiger partial charge in [0.15, 0.2) is 0 Å².